The Hall–Kier alpha value is -1.39. The van der Waals surface area contributed by atoms with Gasteiger partial charge in [-0.15, -0.1) is 0 Å². The van der Waals surface area contributed by atoms with Gasteiger partial charge in [-0.3, -0.25) is 0 Å². The first kappa shape index (κ1) is 16.0. The molecular formula is C15H20N2O3S. The first-order chi connectivity index (χ1) is 10.1. The van der Waals surface area contributed by atoms with Crippen molar-refractivity contribution >= 4 is 10.0 Å². The highest BCUT2D eigenvalue weighted by Gasteiger charge is 2.18. The van der Waals surface area contributed by atoms with E-state index in [-0.39, 0.29) is 17.4 Å². The summed E-state index contributed by atoms with van der Waals surface area (Å²) < 4.78 is 32.4. The summed E-state index contributed by atoms with van der Waals surface area (Å²) in [4.78, 5) is 0.248. The van der Waals surface area contributed by atoms with Gasteiger partial charge in [-0.25, -0.2) is 13.1 Å². The molecule has 0 radical (unpaired) electrons. The Morgan fingerprint density at radius 1 is 1.33 bits per heavy atom. The van der Waals surface area contributed by atoms with E-state index in [4.69, 9.17) is 10.5 Å². The molecule has 1 aliphatic rings. The average Bonchev–Trinajstić information content (AvgIpc) is 2.52. The highest BCUT2D eigenvalue weighted by atomic mass is 32.2. The molecule has 0 spiro atoms. The predicted octanol–water partition coefficient (Wildman–Crippen LogP) is 0.702. The standard InChI is InChI=1S/C15H20N2O3S/c16-9-1-3-13-5-7-15(8-6-13)21(18,19)17-11-14-4-2-10-20-12-14/h5-8,14,17H,2,4,9-12,16H2. The average molecular weight is 308 g/mol. The molecule has 0 saturated carbocycles. The Labute approximate surface area is 125 Å². The van der Waals surface area contributed by atoms with Crippen LogP contribution in [-0.2, 0) is 14.8 Å². The van der Waals surface area contributed by atoms with E-state index in [0.29, 0.717) is 13.2 Å². The zero-order valence-electron chi connectivity index (χ0n) is 11.8. The highest BCUT2D eigenvalue weighted by Crippen LogP contribution is 2.14. The van der Waals surface area contributed by atoms with Gasteiger partial charge in [0.15, 0.2) is 0 Å². The fourth-order valence-electron chi connectivity index (χ4n) is 2.15. The second-order valence-electron chi connectivity index (χ2n) is 4.97. The lowest BCUT2D eigenvalue weighted by molar-refractivity contribution is 0.0568. The molecule has 1 aromatic carbocycles. The van der Waals surface area contributed by atoms with E-state index in [2.05, 4.69) is 16.6 Å². The molecule has 21 heavy (non-hydrogen) atoms. The molecule has 1 heterocycles. The minimum Gasteiger partial charge on any atom is -0.381 e. The quantitative estimate of drug-likeness (QED) is 0.802. The number of nitrogens with one attached hydrogen (secondary N) is 1. The molecule has 1 saturated heterocycles. The van der Waals surface area contributed by atoms with Crippen LogP contribution in [0, 0.1) is 17.8 Å². The second kappa shape index (κ2) is 7.57. The number of nitrogens with two attached hydrogens (primary N) is 1. The summed E-state index contributed by atoms with van der Waals surface area (Å²) in [5, 5.41) is 0. The van der Waals surface area contributed by atoms with Crippen LogP contribution in [0.5, 0.6) is 0 Å². The second-order valence-corrected chi connectivity index (χ2v) is 6.73. The van der Waals surface area contributed by atoms with Crippen LogP contribution in [0.1, 0.15) is 18.4 Å². The van der Waals surface area contributed by atoms with Gasteiger partial charge in [-0.1, -0.05) is 11.8 Å². The van der Waals surface area contributed by atoms with Crippen molar-refractivity contribution in [2.75, 3.05) is 26.3 Å². The smallest absolute Gasteiger partial charge is 0.240 e. The van der Waals surface area contributed by atoms with Crippen molar-refractivity contribution in [2.24, 2.45) is 11.7 Å². The third-order valence-corrected chi connectivity index (χ3v) is 4.76. The van der Waals surface area contributed by atoms with E-state index in [1.165, 1.54) is 0 Å². The van der Waals surface area contributed by atoms with Crippen molar-refractivity contribution in [3.63, 3.8) is 0 Å². The van der Waals surface area contributed by atoms with Gasteiger partial charge in [0.25, 0.3) is 0 Å². The first-order valence-corrected chi connectivity index (χ1v) is 8.46. The fraction of sp³-hybridized carbons (Fsp3) is 0.467. The van der Waals surface area contributed by atoms with E-state index >= 15 is 0 Å². The Morgan fingerprint density at radius 3 is 2.71 bits per heavy atom. The van der Waals surface area contributed by atoms with Crippen LogP contribution in [0.15, 0.2) is 29.2 Å². The summed E-state index contributed by atoms with van der Waals surface area (Å²) in [6, 6.07) is 6.47. The van der Waals surface area contributed by atoms with Gasteiger partial charge in [0.05, 0.1) is 18.0 Å². The van der Waals surface area contributed by atoms with Crippen LogP contribution in [0.25, 0.3) is 0 Å². The number of hydrogen-bond donors (Lipinski definition) is 2. The highest BCUT2D eigenvalue weighted by molar-refractivity contribution is 7.89. The van der Waals surface area contributed by atoms with Crippen LogP contribution in [0.2, 0.25) is 0 Å². The lowest BCUT2D eigenvalue weighted by atomic mass is 10.0. The first-order valence-electron chi connectivity index (χ1n) is 6.98. The van der Waals surface area contributed by atoms with E-state index in [0.717, 1.165) is 25.0 Å². The predicted molar refractivity (Wildman–Crippen MR) is 81.1 cm³/mol. The van der Waals surface area contributed by atoms with E-state index < -0.39 is 10.0 Å². The van der Waals surface area contributed by atoms with E-state index in [1.807, 2.05) is 0 Å². The molecule has 0 aromatic heterocycles. The van der Waals surface area contributed by atoms with Gasteiger partial charge in [0, 0.05) is 18.7 Å². The molecule has 2 rings (SSSR count). The van der Waals surface area contributed by atoms with Crippen molar-refractivity contribution in [3.8, 4) is 11.8 Å². The fourth-order valence-corrected chi connectivity index (χ4v) is 3.27. The molecular weight excluding hydrogens is 288 g/mol. The normalized spacial score (nSPS) is 18.8. The summed E-state index contributed by atoms with van der Waals surface area (Å²) in [5.41, 5.74) is 6.05. The van der Waals surface area contributed by atoms with Gasteiger partial charge in [0.1, 0.15) is 0 Å². The van der Waals surface area contributed by atoms with Crippen molar-refractivity contribution in [1.29, 1.82) is 0 Å². The van der Waals surface area contributed by atoms with E-state index in [1.54, 1.807) is 24.3 Å². The summed E-state index contributed by atoms with van der Waals surface area (Å²) in [5.74, 6) is 5.84. The van der Waals surface area contributed by atoms with Gasteiger partial charge in [-0.05, 0) is 43.0 Å². The maximum absolute atomic E-state index is 12.2. The molecule has 3 N–H and O–H groups in total. The van der Waals surface area contributed by atoms with Crippen LogP contribution in [0.3, 0.4) is 0 Å². The minimum absolute atomic E-state index is 0.248. The number of ether oxygens (including phenoxy) is 1. The number of hydrogen-bond acceptors (Lipinski definition) is 4. The topological polar surface area (TPSA) is 81.4 Å². The van der Waals surface area contributed by atoms with Crippen molar-refractivity contribution < 1.29 is 13.2 Å². The molecule has 1 unspecified atom stereocenters. The zero-order valence-corrected chi connectivity index (χ0v) is 12.7. The molecule has 0 aliphatic carbocycles. The van der Waals surface area contributed by atoms with Crippen molar-refractivity contribution in [1.82, 2.24) is 4.72 Å². The molecule has 0 bridgehead atoms. The van der Waals surface area contributed by atoms with Crippen LogP contribution in [0.4, 0.5) is 0 Å². The molecule has 6 heteroatoms. The summed E-state index contributed by atoms with van der Waals surface area (Å²) in [6.07, 6.45) is 1.98. The lowest BCUT2D eigenvalue weighted by Crippen LogP contribution is -2.33. The van der Waals surface area contributed by atoms with E-state index in [9.17, 15) is 8.42 Å². The SMILES string of the molecule is NCC#Cc1ccc(S(=O)(=O)NCC2CCCOC2)cc1. The molecule has 1 atom stereocenters. The Kier molecular flexibility index (Phi) is 5.76. The lowest BCUT2D eigenvalue weighted by Gasteiger charge is -2.22. The molecule has 0 amide bonds. The summed E-state index contributed by atoms with van der Waals surface area (Å²) >= 11 is 0. The van der Waals surface area contributed by atoms with Gasteiger partial charge in [0.2, 0.25) is 10.0 Å². The van der Waals surface area contributed by atoms with Crippen LogP contribution < -0.4 is 10.5 Å². The molecule has 1 aliphatic heterocycles. The maximum atomic E-state index is 12.2. The Bertz CT molecular complexity index is 609. The monoisotopic (exact) mass is 308 g/mol. The van der Waals surface area contributed by atoms with Gasteiger partial charge < -0.3 is 10.5 Å². The Balaban J connectivity index is 1.98. The minimum atomic E-state index is -3.48. The van der Waals surface area contributed by atoms with Crippen LogP contribution >= 0.6 is 0 Å². The largest absolute Gasteiger partial charge is 0.381 e. The zero-order chi connectivity index (χ0) is 15.1. The maximum Gasteiger partial charge on any atom is 0.240 e. The Morgan fingerprint density at radius 2 is 2.10 bits per heavy atom. The van der Waals surface area contributed by atoms with Gasteiger partial charge in [-0.2, -0.15) is 0 Å². The number of rotatable bonds is 4. The number of sulfonamides is 1. The van der Waals surface area contributed by atoms with Crippen molar-refractivity contribution in [2.45, 2.75) is 17.7 Å². The van der Waals surface area contributed by atoms with Crippen molar-refractivity contribution in [3.05, 3.63) is 29.8 Å². The molecule has 114 valence electrons. The summed E-state index contributed by atoms with van der Waals surface area (Å²) in [7, 11) is -3.48. The van der Waals surface area contributed by atoms with Crippen LogP contribution in [-0.4, -0.2) is 34.7 Å². The third-order valence-electron chi connectivity index (χ3n) is 3.32. The third kappa shape index (κ3) is 4.83. The molecule has 1 fully saturated rings. The number of benzene rings is 1. The summed E-state index contributed by atoms with van der Waals surface area (Å²) in [6.45, 7) is 2.09. The molecule has 5 nitrogen and oxygen atoms in total. The molecule has 1 aromatic rings. The van der Waals surface area contributed by atoms with Gasteiger partial charge >= 0.3 is 0 Å².